The lowest BCUT2D eigenvalue weighted by atomic mass is 10.1. The molecule has 0 bridgehead atoms. The van der Waals surface area contributed by atoms with Gasteiger partial charge >= 0.3 is 5.69 Å². The van der Waals surface area contributed by atoms with Crippen LogP contribution >= 0.6 is 0 Å². The highest BCUT2D eigenvalue weighted by Crippen LogP contribution is 2.24. The van der Waals surface area contributed by atoms with Gasteiger partial charge in [0.05, 0.1) is 11.1 Å². The molecule has 82 valence electrons. The zero-order valence-electron chi connectivity index (χ0n) is 8.29. The largest absolute Gasteiger partial charge is 0.305 e. The number of aromatic nitrogens is 3. The zero-order chi connectivity index (χ0) is 11.7. The van der Waals surface area contributed by atoms with Gasteiger partial charge in [0, 0.05) is 18.7 Å². The van der Waals surface area contributed by atoms with E-state index in [1.807, 2.05) is 0 Å². The smallest absolute Gasteiger partial charge is 0.258 e. The van der Waals surface area contributed by atoms with Crippen LogP contribution in [0.1, 0.15) is 0 Å². The molecule has 1 aromatic carbocycles. The Morgan fingerprint density at radius 1 is 1.50 bits per heavy atom. The van der Waals surface area contributed by atoms with Gasteiger partial charge in [-0.15, -0.1) is 5.10 Å². The Kier molecular flexibility index (Phi) is 2.35. The van der Waals surface area contributed by atoms with E-state index in [1.54, 1.807) is 13.2 Å². The molecule has 0 N–H and O–H groups in total. The summed E-state index contributed by atoms with van der Waals surface area (Å²) in [6.45, 7) is 0. The molecule has 0 aliphatic rings. The molecule has 0 amide bonds. The number of nitrogens with zero attached hydrogens (tertiary/aromatic N) is 4. The van der Waals surface area contributed by atoms with E-state index in [4.69, 9.17) is 0 Å². The van der Waals surface area contributed by atoms with Gasteiger partial charge in [-0.3, -0.25) is 14.8 Å². The molecular formula is C9H7FN4O2. The van der Waals surface area contributed by atoms with Crippen molar-refractivity contribution in [1.29, 1.82) is 0 Å². The molecule has 7 heteroatoms. The summed E-state index contributed by atoms with van der Waals surface area (Å²) in [4.78, 5) is 9.77. The van der Waals surface area contributed by atoms with Crippen molar-refractivity contribution in [2.45, 2.75) is 0 Å². The fraction of sp³-hybridized carbons (Fsp3) is 0.111. The van der Waals surface area contributed by atoms with Crippen LogP contribution in [0.5, 0.6) is 0 Å². The number of hydrogen-bond donors (Lipinski definition) is 0. The second-order valence-electron chi connectivity index (χ2n) is 3.20. The number of halogens is 1. The molecule has 0 aliphatic heterocycles. The van der Waals surface area contributed by atoms with Gasteiger partial charge in [0.25, 0.3) is 0 Å². The van der Waals surface area contributed by atoms with Crippen molar-refractivity contribution >= 4 is 5.69 Å². The third kappa shape index (κ3) is 1.74. The highest BCUT2D eigenvalue weighted by molar-refractivity contribution is 5.61. The number of hydrogen-bond acceptors (Lipinski definition) is 4. The molecule has 0 fully saturated rings. The topological polar surface area (TPSA) is 73.8 Å². The minimum atomic E-state index is -0.863. The van der Waals surface area contributed by atoms with E-state index in [1.165, 1.54) is 10.7 Å². The summed E-state index contributed by atoms with van der Waals surface area (Å²) < 4.78 is 14.5. The minimum absolute atomic E-state index is 0.459. The van der Waals surface area contributed by atoms with Crippen LogP contribution in [0.4, 0.5) is 10.1 Å². The monoisotopic (exact) mass is 222 g/mol. The van der Waals surface area contributed by atoms with Crippen LogP contribution < -0.4 is 0 Å². The van der Waals surface area contributed by atoms with Crippen LogP contribution in [-0.2, 0) is 7.05 Å². The Hall–Kier alpha value is -2.31. The lowest BCUT2D eigenvalue weighted by Gasteiger charge is -1.97. The molecule has 0 spiro atoms. The first-order chi connectivity index (χ1) is 7.58. The molecule has 1 heterocycles. The summed E-state index contributed by atoms with van der Waals surface area (Å²) in [7, 11) is 1.68. The predicted molar refractivity (Wildman–Crippen MR) is 53.1 cm³/mol. The van der Waals surface area contributed by atoms with E-state index in [0.717, 1.165) is 12.1 Å². The van der Waals surface area contributed by atoms with Crippen molar-refractivity contribution in [1.82, 2.24) is 15.0 Å². The van der Waals surface area contributed by atoms with Gasteiger partial charge in [-0.2, -0.15) is 4.39 Å². The Labute approximate surface area is 89.5 Å². The van der Waals surface area contributed by atoms with E-state index in [-0.39, 0.29) is 0 Å². The van der Waals surface area contributed by atoms with Crippen molar-refractivity contribution in [3.63, 3.8) is 0 Å². The molecule has 0 aliphatic carbocycles. The van der Waals surface area contributed by atoms with Gasteiger partial charge in [0.1, 0.15) is 5.69 Å². The lowest BCUT2D eigenvalue weighted by molar-refractivity contribution is -0.387. The Balaban J connectivity index is 2.51. The highest BCUT2D eigenvalue weighted by Gasteiger charge is 2.15. The lowest BCUT2D eigenvalue weighted by Crippen LogP contribution is -1.92. The van der Waals surface area contributed by atoms with Gasteiger partial charge < -0.3 is 0 Å². The standard InChI is InChI=1S/C9H7FN4O2/c1-13-5-8(11-12-13)6-2-3-7(10)9(4-6)14(15)16/h2-5H,1H3. The van der Waals surface area contributed by atoms with Crippen LogP contribution in [-0.4, -0.2) is 19.9 Å². The first-order valence-electron chi connectivity index (χ1n) is 4.38. The van der Waals surface area contributed by atoms with E-state index >= 15 is 0 Å². The summed E-state index contributed by atoms with van der Waals surface area (Å²) in [5.74, 6) is -0.863. The number of nitro benzene ring substituents is 1. The molecule has 2 rings (SSSR count). The molecular weight excluding hydrogens is 215 g/mol. The summed E-state index contributed by atoms with van der Waals surface area (Å²) in [5.41, 5.74) is 0.356. The summed E-state index contributed by atoms with van der Waals surface area (Å²) >= 11 is 0. The SMILES string of the molecule is Cn1cc(-c2ccc(F)c([N+](=O)[O-])c2)nn1. The normalized spacial score (nSPS) is 10.4. The molecule has 2 aromatic rings. The maximum atomic E-state index is 13.1. The first kappa shape index (κ1) is 10.2. The van der Waals surface area contributed by atoms with Gasteiger partial charge in [-0.05, 0) is 12.1 Å². The van der Waals surface area contributed by atoms with Gasteiger partial charge in [-0.25, -0.2) is 0 Å². The van der Waals surface area contributed by atoms with Gasteiger partial charge in [0.15, 0.2) is 0 Å². The van der Waals surface area contributed by atoms with Crippen LogP contribution in [0.3, 0.4) is 0 Å². The highest BCUT2D eigenvalue weighted by atomic mass is 19.1. The van der Waals surface area contributed by atoms with Crippen LogP contribution in [0.25, 0.3) is 11.3 Å². The Bertz CT molecular complexity index is 552. The maximum Gasteiger partial charge on any atom is 0.305 e. The zero-order valence-corrected chi connectivity index (χ0v) is 8.29. The first-order valence-corrected chi connectivity index (χ1v) is 4.38. The van der Waals surface area contributed by atoms with Crippen molar-refractivity contribution in [3.8, 4) is 11.3 Å². The fourth-order valence-corrected chi connectivity index (χ4v) is 1.29. The molecule has 0 atom stereocenters. The molecule has 0 saturated carbocycles. The number of nitro groups is 1. The van der Waals surface area contributed by atoms with Crippen molar-refractivity contribution in [2.75, 3.05) is 0 Å². The molecule has 0 unspecified atom stereocenters. The third-order valence-corrected chi connectivity index (χ3v) is 2.04. The minimum Gasteiger partial charge on any atom is -0.258 e. The second-order valence-corrected chi connectivity index (χ2v) is 3.20. The Morgan fingerprint density at radius 2 is 2.25 bits per heavy atom. The van der Waals surface area contributed by atoms with Crippen LogP contribution in [0.2, 0.25) is 0 Å². The fourth-order valence-electron chi connectivity index (χ4n) is 1.29. The second kappa shape index (κ2) is 3.69. The molecule has 1 aromatic heterocycles. The average Bonchev–Trinajstić information content (AvgIpc) is 2.65. The van der Waals surface area contributed by atoms with Crippen LogP contribution in [0.15, 0.2) is 24.4 Å². The van der Waals surface area contributed by atoms with E-state index < -0.39 is 16.4 Å². The molecule has 0 saturated heterocycles. The summed E-state index contributed by atoms with van der Waals surface area (Å²) in [6, 6.07) is 3.60. The summed E-state index contributed by atoms with van der Waals surface area (Å²) in [6.07, 6.45) is 1.59. The Morgan fingerprint density at radius 3 is 2.81 bits per heavy atom. The number of aryl methyl sites for hydroxylation is 1. The van der Waals surface area contributed by atoms with E-state index in [2.05, 4.69) is 10.3 Å². The molecule has 6 nitrogen and oxygen atoms in total. The summed E-state index contributed by atoms with van der Waals surface area (Å²) in [5, 5.41) is 18.0. The van der Waals surface area contributed by atoms with Crippen LogP contribution in [0, 0.1) is 15.9 Å². The number of rotatable bonds is 2. The van der Waals surface area contributed by atoms with Crippen molar-refractivity contribution < 1.29 is 9.31 Å². The van der Waals surface area contributed by atoms with Gasteiger partial charge in [-0.1, -0.05) is 5.21 Å². The predicted octanol–water partition coefficient (Wildman–Crippen LogP) is 1.53. The van der Waals surface area contributed by atoms with Crippen molar-refractivity contribution in [2.24, 2.45) is 7.05 Å². The van der Waals surface area contributed by atoms with Crippen molar-refractivity contribution in [3.05, 3.63) is 40.3 Å². The van der Waals surface area contributed by atoms with E-state index in [9.17, 15) is 14.5 Å². The third-order valence-electron chi connectivity index (χ3n) is 2.04. The number of benzene rings is 1. The molecule has 16 heavy (non-hydrogen) atoms. The average molecular weight is 222 g/mol. The quantitative estimate of drug-likeness (QED) is 0.570. The van der Waals surface area contributed by atoms with Gasteiger partial charge in [0.2, 0.25) is 5.82 Å². The van der Waals surface area contributed by atoms with E-state index in [0.29, 0.717) is 11.3 Å². The molecule has 0 radical (unpaired) electrons. The maximum absolute atomic E-state index is 13.1.